The molecule has 6 nitrogen and oxygen atoms in total. The zero-order valence-corrected chi connectivity index (χ0v) is 13.0. The van der Waals surface area contributed by atoms with Crippen LogP contribution in [0, 0.1) is 0 Å². The molecule has 22 heavy (non-hydrogen) atoms. The van der Waals surface area contributed by atoms with Gasteiger partial charge in [0.2, 0.25) is 5.95 Å². The van der Waals surface area contributed by atoms with Crippen LogP contribution in [0.15, 0.2) is 24.3 Å². The fraction of sp³-hybridized carbons (Fsp3) is 0.375. The Bertz CT molecular complexity index is 711. The van der Waals surface area contributed by atoms with E-state index in [4.69, 9.17) is 10.5 Å². The van der Waals surface area contributed by atoms with Gasteiger partial charge in [-0.15, -0.1) is 0 Å². The molecule has 0 aliphatic heterocycles. The lowest BCUT2D eigenvalue weighted by molar-refractivity contribution is -0.137. The Morgan fingerprint density at radius 2 is 2.23 bits per heavy atom. The van der Waals surface area contributed by atoms with Gasteiger partial charge in [0, 0.05) is 6.08 Å². The molecule has 1 heterocycles. The van der Waals surface area contributed by atoms with Crippen LogP contribution in [0.1, 0.15) is 26.3 Å². The second kappa shape index (κ2) is 6.19. The number of fused-ring (bicyclic) bond motifs is 1. The number of hydrogen-bond acceptors (Lipinski definition) is 5. The molecule has 2 rings (SSSR count). The van der Waals surface area contributed by atoms with Crippen molar-refractivity contribution in [2.45, 2.75) is 32.9 Å². The van der Waals surface area contributed by atoms with Crippen LogP contribution < -0.4 is 5.73 Å². The van der Waals surface area contributed by atoms with Crippen LogP contribution in [0.4, 0.5) is 5.95 Å². The van der Waals surface area contributed by atoms with Crippen molar-refractivity contribution in [3.05, 3.63) is 29.8 Å². The first kappa shape index (κ1) is 16.0. The molecule has 0 unspecified atom stereocenters. The number of hydrogen-bond donors (Lipinski definition) is 2. The summed E-state index contributed by atoms with van der Waals surface area (Å²) < 4.78 is 6.61. The van der Waals surface area contributed by atoms with Gasteiger partial charge >= 0.3 is 5.97 Å². The SMILES string of the molecule is CCOC(=O)/C=C/c1ccc2c(c1)nc(N)n2CC(C)(C)O. The van der Waals surface area contributed by atoms with Crippen LogP contribution in [0.2, 0.25) is 0 Å². The van der Waals surface area contributed by atoms with Gasteiger partial charge in [-0.2, -0.15) is 0 Å². The molecule has 0 saturated heterocycles. The number of anilines is 1. The third-order valence-corrected chi connectivity index (χ3v) is 3.05. The molecule has 0 bridgehead atoms. The maximum atomic E-state index is 11.3. The van der Waals surface area contributed by atoms with E-state index >= 15 is 0 Å². The van der Waals surface area contributed by atoms with Crippen LogP contribution in [-0.4, -0.2) is 32.8 Å². The highest BCUT2D eigenvalue weighted by Gasteiger charge is 2.17. The van der Waals surface area contributed by atoms with Gasteiger partial charge in [0.25, 0.3) is 0 Å². The Kier molecular flexibility index (Phi) is 4.51. The quantitative estimate of drug-likeness (QED) is 0.651. The van der Waals surface area contributed by atoms with E-state index in [0.717, 1.165) is 11.1 Å². The zero-order valence-electron chi connectivity index (χ0n) is 13.0. The summed E-state index contributed by atoms with van der Waals surface area (Å²) in [5.74, 6) is -0.0293. The van der Waals surface area contributed by atoms with Crippen LogP contribution in [0.25, 0.3) is 17.1 Å². The number of carbonyl (C=O) groups is 1. The van der Waals surface area contributed by atoms with Crippen LogP contribution in [0.5, 0.6) is 0 Å². The Labute approximate surface area is 129 Å². The Balaban J connectivity index is 2.31. The van der Waals surface area contributed by atoms with E-state index in [1.807, 2.05) is 18.2 Å². The van der Waals surface area contributed by atoms with Gasteiger partial charge in [-0.1, -0.05) is 6.07 Å². The highest BCUT2D eigenvalue weighted by Crippen LogP contribution is 2.22. The minimum Gasteiger partial charge on any atom is -0.463 e. The molecular weight excluding hydrogens is 282 g/mol. The number of nitrogens with two attached hydrogens (primary N) is 1. The minimum absolute atomic E-state index is 0.347. The van der Waals surface area contributed by atoms with Gasteiger partial charge in [-0.05, 0) is 44.5 Å². The maximum Gasteiger partial charge on any atom is 0.330 e. The number of aromatic nitrogens is 2. The summed E-state index contributed by atoms with van der Waals surface area (Å²) in [5.41, 5.74) is 7.42. The molecule has 0 aliphatic carbocycles. The first-order chi connectivity index (χ1) is 10.3. The molecule has 0 aliphatic rings. The maximum absolute atomic E-state index is 11.3. The zero-order chi connectivity index (χ0) is 16.3. The number of aliphatic hydroxyl groups is 1. The lowest BCUT2D eigenvalue weighted by Crippen LogP contribution is -2.26. The largest absolute Gasteiger partial charge is 0.463 e. The van der Waals surface area contributed by atoms with Gasteiger partial charge in [-0.25, -0.2) is 9.78 Å². The third kappa shape index (κ3) is 3.85. The number of rotatable bonds is 5. The monoisotopic (exact) mass is 303 g/mol. The Morgan fingerprint density at radius 3 is 2.86 bits per heavy atom. The van der Waals surface area contributed by atoms with Crippen LogP contribution in [0.3, 0.4) is 0 Å². The smallest absolute Gasteiger partial charge is 0.330 e. The van der Waals surface area contributed by atoms with Crippen molar-refractivity contribution in [2.75, 3.05) is 12.3 Å². The summed E-state index contributed by atoms with van der Waals surface area (Å²) >= 11 is 0. The first-order valence-electron chi connectivity index (χ1n) is 7.13. The second-order valence-electron chi connectivity index (χ2n) is 5.70. The normalized spacial score (nSPS) is 12.2. The molecule has 0 atom stereocenters. The number of ether oxygens (including phenoxy) is 1. The predicted octanol–water partition coefficient (Wildman–Crippen LogP) is 1.97. The van der Waals surface area contributed by atoms with Crippen molar-refractivity contribution < 1.29 is 14.6 Å². The van der Waals surface area contributed by atoms with E-state index in [-0.39, 0.29) is 5.97 Å². The van der Waals surface area contributed by atoms with E-state index in [0.29, 0.717) is 24.6 Å². The first-order valence-corrected chi connectivity index (χ1v) is 7.13. The van der Waals surface area contributed by atoms with E-state index < -0.39 is 5.60 Å². The van der Waals surface area contributed by atoms with Gasteiger partial charge in [0.15, 0.2) is 0 Å². The van der Waals surface area contributed by atoms with E-state index in [2.05, 4.69) is 4.98 Å². The molecular formula is C16H21N3O3. The van der Waals surface area contributed by atoms with Gasteiger partial charge in [-0.3, -0.25) is 0 Å². The standard InChI is InChI=1S/C16H21N3O3/c1-4-22-14(20)8-6-11-5-7-13-12(9-11)18-15(17)19(13)10-16(2,3)21/h5-9,21H,4,10H2,1-3H3,(H2,17,18)/b8-6+. The second-order valence-corrected chi connectivity index (χ2v) is 5.70. The van der Waals surface area contributed by atoms with Gasteiger partial charge < -0.3 is 20.1 Å². The number of esters is 1. The van der Waals surface area contributed by atoms with Crippen molar-refractivity contribution >= 4 is 29.0 Å². The average molecular weight is 303 g/mol. The molecule has 0 spiro atoms. The molecule has 1 aromatic heterocycles. The summed E-state index contributed by atoms with van der Waals surface area (Å²) in [7, 11) is 0. The van der Waals surface area contributed by atoms with Crippen molar-refractivity contribution in [2.24, 2.45) is 0 Å². The topological polar surface area (TPSA) is 90.4 Å². The van der Waals surface area contributed by atoms with Gasteiger partial charge in [0.1, 0.15) is 0 Å². The molecule has 0 radical (unpaired) electrons. The van der Waals surface area contributed by atoms with Crippen molar-refractivity contribution in [3.8, 4) is 0 Å². The lowest BCUT2D eigenvalue weighted by atomic mass is 10.1. The Hall–Kier alpha value is -2.34. The number of imidazole rings is 1. The van der Waals surface area contributed by atoms with Crippen molar-refractivity contribution in [1.82, 2.24) is 9.55 Å². The fourth-order valence-corrected chi connectivity index (χ4v) is 2.18. The van der Waals surface area contributed by atoms with Crippen LogP contribution >= 0.6 is 0 Å². The van der Waals surface area contributed by atoms with Crippen molar-refractivity contribution in [1.29, 1.82) is 0 Å². The van der Waals surface area contributed by atoms with Crippen LogP contribution in [-0.2, 0) is 16.1 Å². The molecule has 0 amide bonds. The molecule has 2 aromatic rings. The number of carbonyl (C=O) groups excluding carboxylic acids is 1. The molecule has 6 heteroatoms. The summed E-state index contributed by atoms with van der Waals surface area (Å²) in [6.07, 6.45) is 3.05. The van der Waals surface area contributed by atoms with Gasteiger partial charge in [0.05, 0.1) is 29.8 Å². The summed E-state index contributed by atoms with van der Waals surface area (Å²) in [6.45, 7) is 5.90. The molecule has 1 aromatic carbocycles. The van der Waals surface area contributed by atoms with Crippen molar-refractivity contribution in [3.63, 3.8) is 0 Å². The predicted molar refractivity (Wildman–Crippen MR) is 86.1 cm³/mol. The number of nitrogen functional groups attached to an aromatic ring is 1. The summed E-state index contributed by atoms with van der Waals surface area (Å²) in [6, 6.07) is 5.57. The fourth-order valence-electron chi connectivity index (χ4n) is 2.18. The summed E-state index contributed by atoms with van der Waals surface area (Å²) in [5, 5.41) is 9.96. The number of benzene rings is 1. The van der Waals surface area contributed by atoms with E-state index in [1.165, 1.54) is 6.08 Å². The molecule has 118 valence electrons. The molecule has 0 fully saturated rings. The highest BCUT2D eigenvalue weighted by atomic mass is 16.5. The molecule has 0 saturated carbocycles. The molecule has 3 N–H and O–H groups in total. The third-order valence-electron chi connectivity index (χ3n) is 3.05. The lowest BCUT2D eigenvalue weighted by Gasteiger charge is -2.19. The van der Waals surface area contributed by atoms with E-state index in [1.54, 1.807) is 31.4 Å². The highest BCUT2D eigenvalue weighted by molar-refractivity contribution is 5.88. The summed E-state index contributed by atoms with van der Waals surface area (Å²) in [4.78, 5) is 15.6. The number of nitrogens with zero attached hydrogens (tertiary/aromatic N) is 2. The van der Waals surface area contributed by atoms with E-state index in [9.17, 15) is 9.90 Å². The minimum atomic E-state index is -0.885. The Morgan fingerprint density at radius 1 is 1.50 bits per heavy atom. The average Bonchev–Trinajstić information content (AvgIpc) is 2.71.